The summed E-state index contributed by atoms with van der Waals surface area (Å²) in [4.78, 5) is 29.1. The number of hydrogen-bond acceptors (Lipinski definition) is 5. The van der Waals surface area contributed by atoms with Crippen LogP contribution >= 0.6 is 22.7 Å². The van der Waals surface area contributed by atoms with Crippen LogP contribution in [0.4, 0.5) is 10.8 Å². The fraction of sp³-hybridized carbons (Fsp3) is 0.167. The molecule has 2 heterocycles. The van der Waals surface area contributed by atoms with E-state index in [4.69, 9.17) is 0 Å². The molecule has 0 aliphatic rings. The maximum atomic E-state index is 12.2. The zero-order valence-electron chi connectivity index (χ0n) is 13.8. The van der Waals surface area contributed by atoms with Gasteiger partial charge in [0.2, 0.25) is 5.91 Å². The van der Waals surface area contributed by atoms with Crippen molar-refractivity contribution >= 4 is 45.3 Å². The van der Waals surface area contributed by atoms with Crippen LogP contribution in [0.1, 0.15) is 26.5 Å². The largest absolute Gasteiger partial charge is 0.326 e. The van der Waals surface area contributed by atoms with Gasteiger partial charge in [0.25, 0.3) is 5.91 Å². The van der Waals surface area contributed by atoms with Crippen LogP contribution in [0, 0.1) is 13.8 Å². The van der Waals surface area contributed by atoms with E-state index in [1.54, 1.807) is 11.4 Å². The molecule has 128 valence electrons. The van der Waals surface area contributed by atoms with Crippen molar-refractivity contribution in [3.05, 3.63) is 62.8 Å². The topological polar surface area (TPSA) is 71.1 Å². The first-order valence-corrected chi connectivity index (χ1v) is 9.43. The van der Waals surface area contributed by atoms with Crippen molar-refractivity contribution in [3.8, 4) is 0 Å². The highest BCUT2D eigenvalue weighted by atomic mass is 32.1. The number of aryl methyl sites for hydroxylation is 2. The Morgan fingerprint density at radius 2 is 1.96 bits per heavy atom. The minimum Gasteiger partial charge on any atom is -0.326 e. The lowest BCUT2D eigenvalue weighted by molar-refractivity contribution is -0.115. The molecule has 0 atom stereocenters. The lowest BCUT2D eigenvalue weighted by Crippen LogP contribution is -2.15. The highest BCUT2D eigenvalue weighted by molar-refractivity contribution is 7.14. The summed E-state index contributed by atoms with van der Waals surface area (Å²) in [5.41, 5.74) is 3.61. The van der Waals surface area contributed by atoms with Crippen LogP contribution in [0.2, 0.25) is 0 Å². The van der Waals surface area contributed by atoms with E-state index in [1.165, 1.54) is 22.7 Å². The van der Waals surface area contributed by atoms with E-state index in [1.807, 2.05) is 43.5 Å². The van der Waals surface area contributed by atoms with Crippen LogP contribution in [0.5, 0.6) is 0 Å². The Balaban J connectivity index is 1.59. The molecule has 0 saturated heterocycles. The molecule has 2 amide bonds. The molecule has 0 radical (unpaired) electrons. The fourth-order valence-electron chi connectivity index (χ4n) is 2.32. The summed E-state index contributed by atoms with van der Waals surface area (Å²) in [6.45, 7) is 3.98. The maximum Gasteiger partial charge on any atom is 0.267 e. The zero-order valence-corrected chi connectivity index (χ0v) is 15.5. The van der Waals surface area contributed by atoms with E-state index in [0.717, 1.165) is 16.8 Å². The van der Waals surface area contributed by atoms with Gasteiger partial charge in [-0.3, -0.25) is 14.9 Å². The molecule has 2 N–H and O–H groups in total. The molecular formula is C18H17N3O2S2. The molecule has 1 aromatic carbocycles. The first kappa shape index (κ1) is 17.3. The summed E-state index contributed by atoms with van der Waals surface area (Å²) in [7, 11) is 0. The minimum absolute atomic E-state index is 0.131. The quantitative estimate of drug-likeness (QED) is 0.704. The van der Waals surface area contributed by atoms with Gasteiger partial charge in [0, 0.05) is 11.1 Å². The molecule has 25 heavy (non-hydrogen) atoms. The van der Waals surface area contributed by atoms with E-state index in [9.17, 15) is 9.59 Å². The lowest BCUT2D eigenvalue weighted by Gasteiger charge is -2.08. The van der Waals surface area contributed by atoms with Crippen molar-refractivity contribution in [2.24, 2.45) is 0 Å². The Morgan fingerprint density at radius 3 is 2.68 bits per heavy atom. The third-order valence-corrected chi connectivity index (χ3v) is 5.19. The number of hydrogen-bond donors (Lipinski definition) is 2. The Labute approximate surface area is 153 Å². The van der Waals surface area contributed by atoms with Crippen molar-refractivity contribution in [1.82, 2.24) is 4.98 Å². The zero-order chi connectivity index (χ0) is 17.8. The molecule has 3 rings (SSSR count). The number of carbonyl (C=O) groups is 2. The predicted molar refractivity (Wildman–Crippen MR) is 103 cm³/mol. The number of rotatable bonds is 5. The number of aromatic nitrogens is 1. The second-order valence-corrected chi connectivity index (χ2v) is 7.42. The molecule has 0 aliphatic heterocycles. The molecule has 0 aliphatic carbocycles. The van der Waals surface area contributed by atoms with Crippen LogP contribution in [0.15, 0.2) is 41.1 Å². The molecule has 0 unspecified atom stereocenters. The number of anilines is 2. The van der Waals surface area contributed by atoms with Crippen molar-refractivity contribution in [2.45, 2.75) is 20.3 Å². The minimum atomic E-state index is -0.185. The average molecular weight is 371 g/mol. The number of thiophene rings is 1. The van der Waals surface area contributed by atoms with Gasteiger partial charge in [0.15, 0.2) is 5.13 Å². The highest BCUT2D eigenvalue weighted by Crippen LogP contribution is 2.20. The second-order valence-electron chi connectivity index (χ2n) is 5.62. The number of carbonyl (C=O) groups excluding carboxylic acids is 2. The summed E-state index contributed by atoms with van der Waals surface area (Å²) in [6.07, 6.45) is 0.165. The molecule has 0 saturated carbocycles. The van der Waals surface area contributed by atoms with Gasteiger partial charge in [-0.1, -0.05) is 23.8 Å². The summed E-state index contributed by atoms with van der Waals surface area (Å²) >= 11 is 2.68. The van der Waals surface area contributed by atoms with Crippen molar-refractivity contribution in [2.75, 3.05) is 10.6 Å². The van der Waals surface area contributed by atoms with Crippen molar-refractivity contribution in [3.63, 3.8) is 0 Å². The number of nitrogens with zero attached hydrogens (tertiary/aromatic N) is 1. The average Bonchev–Trinajstić information content (AvgIpc) is 3.22. The van der Waals surface area contributed by atoms with Crippen LogP contribution in [-0.2, 0) is 11.2 Å². The summed E-state index contributed by atoms with van der Waals surface area (Å²) in [6, 6.07) is 9.47. The van der Waals surface area contributed by atoms with E-state index in [-0.39, 0.29) is 18.2 Å². The van der Waals surface area contributed by atoms with Gasteiger partial charge in [0.05, 0.1) is 17.0 Å². The Hall–Kier alpha value is -2.51. The molecule has 0 fully saturated rings. The van der Waals surface area contributed by atoms with E-state index in [2.05, 4.69) is 15.6 Å². The normalized spacial score (nSPS) is 10.5. The summed E-state index contributed by atoms with van der Waals surface area (Å²) in [5, 5.41) is 9.77. The Bertz CT molecular complexity index is 901. The van der Waals surface area contributed by atoms with Gasteiger partial charge in [-0.2, -0.15) is 0 Å². The van der Waals surface area contributed by atoms with Gasteiger partial charge < -0.3 is 5.32 Å². The monoisotopic (exact) mass is 371 g/mol. The van der Waals surface area contributed by atoms with E-state index >= 15 is 0 Å². The third-order valence-electron chi connectivity index (χ3n) is 3.51. The Morgan fingerprint density at radius 1 is 1.12 bits per heavy atom. The van der Waals surface area contributed by atoms with Crippen LogP contribution < -0.4 is 10.6 Å². The van der Waals surface area contributed by atoms with Crippen LogP contribution in [0.25, 0.3) is 0 Å². The molecule has 7 heteroatoms. The number of amides is 2. The van der Waals surface area contributed by atoms with Gasteiger partial charge in [-0.25, -0.2) is 4.98 Å². The van der Waals surface area contributed by atoms with Crippen LogP contribution in [0.3, 0.4) is 0 Å². The first-order valence-electron chi connectivity index (χ1n) is 7.67. The third kappa shape index (κ3) is 4.52. The van der Waals surface area contributed by atoms with Gasteiger partial charge in [0.1, 0.15) is 0 Å². The number of thiazole rings is 1. The molecule has 0 bridgehead atoms. The molecule has 3 aromatic rings. The first-order chi connectivity index (χ1) is 12.0. The fourth-order valence-corrected chi connectivity index (χ4v) is 3.65. The number of nitrogens with one attached hydrogen (secondary N) is 2. The van der Waals surface area contributed by atoms with Gasteiger partial charge in [-0.05, 0) is 36.9 Å². The highest BCUT2D eigenvalue weighted by Gasteiger charge is 2.12. The smallest absolute Gasteiger partial charge is 0.267 e. The molecule has 5 nitrogen and oxygen atoms in total. The van der Waals surface area contributed by atoms with Gasteiger partial charge in [-0.15, -0.1) is 22.7 Å². The lowest BCUT2D eigenvalue weighted by atomic mass is 10.1. The number of benzene rings is 1. The maximum absolute atomic E-state index is 12.2. The van der Waals surface area contributed by atoms with Crippen LogP contribution in [-0.4, -0.2) is 16.8 Å². The van der Waals surface area contributed by atoms with Crippen molar-refractivity contribution in [1.29, 1.82) is 0 Å². The van der Waals surface area contributed by atoms with Crippen molar-refractivity contribution < 1.29 is 9.59 Å². The SMILES string of the molecule is Cc1ccc(NC(=O)Cc2csc(NC(=O)c3cccs3)n2)c(C)c1. The second kappa shape index (κ2) is 7.58. The van der Waals surface area contributed by atoms with Gasteiger partial charge >= 0.3 is 0 Å². The standard InChI is InChI=1S/C18H17N3O2S2/c1-11-5-6-14(12(2)8-11)20-16(22)9-13-10-25-18(19-13)21-17(23)15-4-3-7-24-15/h3-8,10H,9H2,1-2H3,(H,20,22)(H,19,21,23). The predicted octanol–water partition coefficient (Wildman–Crippen LogP) is 4.25. The Kier molecular flexibility index (Phi) is 5.25. The summed E-state index contributed by atoms with van der Waals surface area (Å²) in [5.74, 6) is -0.316. The molecular weight excluding hydrogens is 354 g/mol. The summed E-state index contributed by atoms with van der Waals surface area (Å²) < 4.78 is 0. The molecule has 0 spiro atoms. The van der Waals surface area contributed by atoms with E-state index in [0.29, 0.717) is 15.7 Å². The molecule has 2 aromatic heterocycles. The van der Waals surface area contributed by atoms with E-state index < -0.39 is 0 Å².